The van der Waals surface area contributed by atoms with Gasteiger partial charge < -0.3 is 5.11 Å². The molecule has 9 heteroatoms. The molecular weight excluding hydrogens is 392 g/mol. The van der Waals surface area contributed by atoms with E-state index in [9.17, 15) is 5.11 Å². The Kier molecular flexibility index (Phi) is 11.5. The van der Waals surface area contributed by atoms with Gasteiger partial charge in [-0.2, -0.15) is 11.1 Å². The second-order valence-electron chi connectivity index (χ2n) is 9.73. The van der Waals surface area contributed by atoms with E-state index < -0.39 is 13.5 Å². The van der Waals surface area contributed by atoms with Crippen LogP contribution in [0.25, 0.3) is 20.9 Å². The number of aliphatic hydroxyl groups is 1. The van der Waals surface area contributed by atoms with Crippen molar-refractivity contribution < 1.29 is 5.11 Å². The zero-order valence-corrected chi connectivity index (χ0v) is 20.6. The van der Waals surface area contributed by atoms with Crippen molar-refractivity contribution in [1.29, 1.82) is 0 Å². The summed E-state index contributed by atoms with van der Waals surface area (Å²) in [6, 6.07) is 0.0833. The molecule has 0 heterocycles. The van der Waals surface area contributed by atoms with Gasteiger partial charge in [0.25, 0.3) is 0 Å². The molecular formula is C19H39ClN6OSi. The van der Waals surface area contributed by atoms with Crippen LogP contribution in [0.4, 0.5) is 0 Å². The maximum atomic E-state index is 9.32. The van der Waals surface area contributed by atoms with E-state index in [2.05, 4.69) is 67.8 Å². The quantitative estimate of drug-likeness (QED) is 0.158. The Labute approximate surface area is 176 Å². The zero-order chi connectivity index (χ0) is 22.1. The molecule has 0 radical (unpaired) electrons. The van der Waals surface area contributed by atoms with E-state index in [4.69, 9.17) is 22.1 Å². The molecule has 7 nitrogen and oxygen atoms in total. The van der Waals surface area contributed by atoms with Crippen molar-refractivity contribution >= 4 is 18.5 Å². The summed E-state index contributed by atoms with van der Waals surface area (Å²) in [5.41, 5.74) is 16.3. The van der Waals surface area contributed by atoms with E-state index in [1.165, 1.54) is 6.42 Å². The molecule has 162 valence electrons. The normalized spacial score (nSPS) is 32.1. The Hall–Kier alpha value is -0.913. The fourth-order valence-corrected chi connectivity index (χ4v) is 2.91. The number of hydrogen-bond acceptors (Lipinski definition) is 3. The number of halogens is 1. The lowest BCUT2D eigenvalue weighted by Gasteiger charge is -2.29. The summed E-state index contributed by atoms with van der Waals surface area (Å²) in [6.07, 6.45) is 3.66. The molecule has 0 aromatic carbocycles. The molecule has 0 aromatic heterocycles. The van der Waals surface area contributed by atoms with Gasteiger partial charge in [0.05, 0.1) is 12.1 Å². The fraction of sp³-hybridized carbons (Fsp3) is 1.00. The lowest BCUT2D eigenvalue weighted by Crippen LogP contribution is -2.29. The van der Waals surface area contributed by atoms with Crippen LogP contribution in [0.3, 0.4) is 0 Å². The van der Waals surface area contributed by atoms with Crippen LogP contribution in [0.5, 0.6) is 0 Å². The van der Waals surface area contributed by atoms with Crippen LogP contribution in [0.2, 0.25) is 18.1 Å². The second-order valence-corrected chi connectivity index (χ2v) is 17.0. The summed E-state index contributed by atoms with van der Waals surface area (Å²) in [5, 5.41) is 16.9. The molecule has 0 amide bonds. The third kappa shape index (κ3) is 9.06. The van der Waals surface area contributed by atoms with Crippen LogP contribution in [-0.4, -0.2) is 30.7 Å². The highest BCUT2D eigenvalue weighted by molar-refractivity contribution is 7.20. The minimum Gasteiger partial charge on any atom is -0.392 e. The van der Waals surface area contributed by atoms with E-state index in [-0.39, 0.29) is 18.0 Å². The standard InChI is InChI=1S/C7H13N3.C6H15ClSi.C6H11N3O/c1-5-3-4-7(6(5)2)9-10-8;1-6(2,3)8(4,5)7;1-4-2-3-5(6(4)10)8-9-7/h5-7H,3-4H2,1-2H3;1-5H3;4-6,10H,2-3H2,1H3/t5-,6+,7+;;4-,5+,6+/m0.0/s1. The molecule has 2 aliphatic rings. The minimum absolute atomic E-state index is 0.181. The molecule has 2 aliphatic carbocycles. The summed E-state index contributed by atoms with van der Waals surface area (Å²) in [4.78, 5) is 5.50. The lowest BCUT2D eigenvalue weighted by molar-refractivity contribution is 0.126. The molecule has 0 aromatic rings. The van der Waals surface area contributed by atoms with Gasteiger partial charge in [0.2, 0.25) is 0 Å². The fourth-order valence-electron chi connectivity index (χ4n) is 2.91. The number of aliphatic hydroxyl groups excluding tert-OH is 1. The number of nitrogens with zero attached hydrogens (tertiary/aromatic N) is 6. The number of rotatable bonds is 2. The number of hydrogen-bond donors (Lipinski definition) is 1. The third-order valence-corrected chi connectivity index (χ3v) is 11.8. The average Bonchev–Trinajstić information content (AvgIpc) is 3.05. The molecule has 2 saturated carbocycles. The third-order valence-electron chi connectivity index (χ3n) is 6.50. The van der Waals surface area contributed by atoms with E-state index in [0.717, 1.165) is 25.2 Å². The topological polar surface area (TPSA) is 118 Å². The first-order valence-electron chi connectivity index (χ1n) is 10.2. The lowest BCUT2D eigenvalue weighted by atomic mass is 9.98. The molecule has 1 N–H and O–H groups in total. The van der Waals surface area contributed by atoms with Gasteiger partial charge in [-0.15, -0.1) is 0 Å². The minimum atomic E-state index is -1.39. The van der Waals surface area contributed by atoms with Crippen LogP contribution in [0.1, 0.15) is 67.2 Å². The van der Waals surface area contributed by atoms with Gasteiger partial charge in [-0.1, -0.05) is 71.3 Å². The van der Waals surface area contributed by atoms with Crippen molar-refractivity contribution in [2.75, 3.05) is 0 Å². The molecule has 28 heavy (non-hydrogen) atoms. The zero-order valence-electron chi connectivity index (χ0n) is 18.8. The van der Waals surface area contributed by atoms with E-state index in [0.29, 0.717) is 11.0 Å². The van der Waals surface area contributed by atoms with Crippen molar-refractivity contribution in [3.05, 3.63) is 20.9 Å². The molecule has 6 atom stereocenters. The van der Waals surface area contributed by atoms with Gasteiger partial charge in [-0.25, -0.2) is 0 Å². The highest BCUT2D eigenvalue weighted by Gasteiger charge is 2.33. The van der Waals surface area contributed by atoms with Crippen molar-refractivity contribution in [3.8, 4) is 0 Å². The SMILES string of the molecule is CC(C)(C)[Si](C)(C)Cl.C[C@@H]1[C@@H](C)CC[C@H]1N=[N+]=[N-].C[C@H]1CC[C@@H](N=[N+]=[N-])[C@@H]1O. The summed E-state index contributed by atoms with van der Waals surface area (Å²) >= 11 is 6.15. The first-order valence-corrected chi connectivity index (χ1v) is 14.2. The van der Waals surface area contributed by atoms with Crippen LogP contribution in [-0.2, 0) is 0 Å². The predicted molar refractivity (Wildman–Crippen MR) is 121 cm³/mol. The van der Waals surface area contributed by atoms with E-state index in [1.807, 2.05) is 6.92 Å². The molecule has 0 spiro atoms. The maximum Gasteiger partial charge on any atom is 0.155 e. The van der Waals surface area contributed by atoms with Crippen LogP contribution in [0.15, 0.2) is 10.2 Å². The van der Waals surface area contributed by atoms with Gasteiger partial charge in [-0.05, 0) is 53.1 Å². The van der Waals surface area contributed by atoms with Crippen LogP contribution >= 0.6 is 11.1 Å². The highest BCUT2D eigenvalue weighted by Crippen LogP contribution is 2.38. The largest absolute Gasteiger partial charge is 0.392 e. The second kappa shape index (κ2) is 11.9. The number of azide groups is 2. The molecule has 0 unspecified atom stereocenters. The Morgan fingerprint density at radius 2 is 1.29 bits per heavy atom. The maximum absolute atomic E-state index is 9.32. The van der Waals surface area contributed by atoms with Crippen molar-refractivity contribution in [2.45, 2.75) is 104 Å². The smallest absolute Gasteiger partial charge is 0.155 e. The summed E-state index contributed by atoms with van der Waals surface area (Å²) in [5.74, 6) is 1.60. The predicted octanol–water partition coefficient (Wildman–Crippen LogP) is 7.42. The Balaban J connectivity index is 0.000000394. The molecule has 2 fully saturated rings. The van der Waals surface area contributed by atoms with Gasteiger partial charge in [-0.3, -0.25) is 0 Å². The Morgan fingerprint density at radius 1 is 0.893 bits per heavy atom. The van der Waals surface area contributed by atoms with Crippen molar-refractivity contribution in [3.63, 3.8) is 0 Å². The van der Waals surface area contributed by atoms with Crippen molar-refractivity contribution in [2.24, 2.45) is 28.0 Å². The van der Waals surface area contributed by atoms with E-state index in [1.54, 1.807) is 0 Å². The van der Waals surface area contributed by atoms with Gasteiger partial charge in [0.15, 0.2) is 7.38 Å². The first kappa shape index (κ1) is 27.1. The van der Waals surface area contributed by atoms with Gasteiger partial charge >= 0.3 is 0 Å². The molecule has 0 bridgehead atoms. The summed E-state index contributed by atoms with van der Waals surface area (Å²) in [6.45, 7) is 17.3. The average molecular weight is 431 g/mol. The van der Waals surface area contributed by atoms with Crippen LogP contribution < -0.4 is 0 Å². The first-order chi connectivity index (χ1) is 12.8. The van der Waals surface area contributed by atoms with E-state index >= 15 is 0 Å². The molecule has 0 aliphatic heterocycles. The summed E-state index contributed by atoms with van der Waals surface area (Å²) < 4.78 is 0. The van der Waals surface area contributed by atoms with Crippen LogP contribution in [0, 0.1) is 17.8 Å². The van der Waals surface area contributed by atoms with Gasteiger partial charge in [0, 0.05) is 15.9 Å². The molecule has 2 rings (SSSR count). The monoisotopic (exact) mass is 430 g/mol. The van der Waals surface area contributed by atoms with Crippen molar-refractivity contribution in [1.82, 2.24) is 0 Å². The molecule has 0 saturated heterocycles. The van der Waals surface area contributed by atoms with Gasteiger partial charge in [0.1, 0.15) is 0 Å². The Bertz CT molecular complexity index is 514. The Morgan fingerprint density at radius 3 is 1.57 bits per heavy atom. The highest BCUT2D eigenvalue weighted by atomic mass is 35.6. The summed E-state index contributed by atoms with van der Waals surface area (Å²) in [7, 11) is -1.39.